The highest BCUT2D eigenvalue weighted by Gasteiger charge is 2.38. The Bertz CT molecular complexity index is 1120. The highest BCUT2D eigenvalue weighted by atomic mass is 16.4. The molecule has 1 amide bonds. The zero-order valence-electron chi connectivity index (χ0n) is 15.5. The van der Waals surface area contributed by atoms with Crippen LogP contribution in [0.3, 0.4) is 0 Å². The van der Waals surface area contributed by atoms with E-state index in [2.05, 4.69) is 25.3 Å². The quantitative estimate of drug-likeness (QED) is 0.587. The van der Waals surface area contributed by atoms with Crippen molar-refractivity contribution in [3.05, 3.63) is 65.7 Å². The van der Waals surface area contributed by atoms with Crippen molar-refractivity contribution in [3.8, 4) is 0 Å². The molecule has 142 valence electrons. The van der Waals surface area contributed by atoms with E-state index in [4.69, 9.17) is 4.42 Å². The van der Waals surface area contributed by atoms with E-state index in [1.165, 1.54) is 0 Å². The second-order valence-electron chi connectivity index (χ2n) is 7.16. The van der Waals surface area contributed by atoms with Crippen molar-refractivity contribution >= 4 is 11.4 Å². The summed E-state index contributed by atoms with van der Waals surface area (Å²) in [7, 11) is 0. The average molecular weight is 377 g/mol. The maximum atomic E-state index is 13.2. The van der Waals surface area contributed by atoms with E-state index < -0.39 is 6.04 Å². The number of hydrogen-bond donors (Lipinski definition) is 1. The molecular formula is C19H19N7O2. The number of rotatable bonds is 3. The van der Waals surface area contributed by atoms with Gasteiger partial charge in [-0.25, -0.2) is 9.50 Å². The van der Waals surface area contributed by atoms with Crippen molar-refractivity contribution in [2.24, 2.45) is 0 Å². The van der Waals surface area contributed by atoms with Gasteiger partial charge in [-0.15, -0.1) is 10.2 Å². The molecule has 0 saturated heterocycles. The van der Waals surface area contributed by atoms with Crippen LogP contribution in [0.1, 0.15) is 59.5 Å². The van der Waals surface area contributed by atoms with Gasteiger partial charge >= 0.3 is 11.8 Å². The molecule has 5 heterocycles. The van der Waals surface area contributed by atoms with Gasteiger partial charge in [0.2, 0.25) is 5.89 Å². The lowest BCUT2D eigenvalue weighted by molar-refractivity contribution is 0.0643. The lowest BCUT2D eigenvalue weighted by atomic mass is 9.99. The van der Waals surface area contributed by atoms with Crippen molar-refractivity contribution in [1.29, 1.82) is 0 Å². The van der Waals surface area contributed by atoms with Crippen LogP contribution in [-0.2, 0) is 6.42 Å². The van der Waals surface area contributed by atoms with Crippen molar-refractivity contribution < 1.29 is 9.21 Å². The highest BCUT2D eigenvalue weighted by Crippen LogP contribution is 2.34. The molecule has 1 atom stereocenters. The SMILES string of the molecule is CC(C)c1nnc(C(=O)N2CCc3[nH]cnc3[C@@H]2c2cc3ccccn3n2)o1. The predicted octanol–water partition coefficient (Wildman–Crippen LogP) is 2.35. The van der Waals surface area contributed by atoms with Gasteiger partial charge in [0, 0.05) is 30.8 Å². The third-order valence-corrected chi connectivity index (χ3v) is 4.97. The van der Waals surface area contributed by atoms with Crippen LogP contribution in [0.15, 0.2) is 41.2 Å². The summed E-state index contributed by atoms with van der Waals surface area (Å²) in [4.78, 5) is 22.6. The van der Waals surface area contributed by atoms with E-state index in [9.17, 15) is 4.79 Å². The largest absolute Gasteiger partial charge is 0.417 e. The smallest absolute Gasteiger partial charge is 0.312 e. The number of aromatic amines is 1. The topological polar surface area (TPSA) is 105 Å². The van der Waals surface area contributed by atoms with Gasteiger partial charge < -0.3 is 14.3 Å². The van der Waals surface area contributed by atoms with E-state index in [0.717, 1.165) is 22.6 Å². The number of hydrogen-bond acceptors (Lipinski definition) is 6. The summed E-state index contributed by atoms with van der Waals surface area (Å²) in [5.41, 5.74) is 3.51. The van der Waals surface area contributed by atoms with Gasteiger partial charge in [0.1, 0.15) is 6.04 Å². The Balaban J connectivity index is 1.58. The number of fused-ring (bicyclic) bond motifs is 2. The minimum atomic E-state index is -0.420. The lowest BCUT2D eigenvalue weighted by Crippen LogP contribution is -2.41. The number of imidazole rings is 1. The van der Waals surface area contributed by atoms with Crippen LogP contribution in [0.5, 0.6) is 0 Å². The second-order valence-corrected chi connectivity index (χ2v) is 7.16. The van der Waals surface area contributed by atoms with E-state index in [0.29, 0.717) is 18.9 Å². The Labute approximate surface area is 160 Å². The molecule has 0 spiro atoms. The lowest BCUT2D eigenvalue weighted by Gasteiger charge is -2.32. The van der Waals surface area contributed by atoms with Crippen molar-refractivity contribution in [3.63, 3.8) is 0 Å². The summed E-state index contributed by atoms with van der Waals surface area (Å²) in [6.45, 7) is 4.39. The van der Waals surface area contributed by atoms with Gasteiger partial charge in [-0.2, -0.15) is 5.10 Å². The fraction of sp³-hybridized carbons (Fsp3) is 0.316. The van der Waals surface area contributed by atoms with Gasteiger partial charge in [0.05, 0.1) is 23.2 Å². The molecule has 0 aliphatic carbocycles. The molecule has 9 heteroatoms. The minimum absolute atomic E-state index is 0.00329. The van der Waals surface area contributed by atoms with Crippen LogP contribution >= 0.6 is 0 Å². The normalized spacial score (nSPS) is 16.7. The summed E-state index contributed by atoms with van der Waals surface area (Å²) in [6, 6.07) is 7.40. The number of carbonyl (C=O) groups is 1. The van der Waals surface area contributed by atoms with Crippen LogP contribution < -0.4 is 0 Å². The van der Waals surface area contributed by atoms with Gasteiger partial charge in [0.15, 0.2) is 0 Å². The number of pyridine rings is 1. The van der Waals surface area contributed by atoms with Crippen LogP contribution in [-0.4, -0.2) is 47.1 Å². The fourth-order valence-corrected chi connectivity index (χ4v) is 3.56. The first-order valence-corrected chi connectivity index (χ1v) is 9.22. The average Bonchev–Trinajstić information content (AvgIpc) is 3.44. The summed E-state index contributed by atoms with van der Waals surface area (Å²) in [6.07, 6.45) is 4.22. The fourth-order valence-electron chi connectivity index (χ4n) is 3.56. The second kappa shape index (κ2) is 6.29. The highest BCUT2D eigenvalue weighted by molar-refractivity contribution is 5.90. The van der Waals surface area contributed by atoms with E-state index in [-0.39, 0.29) is 17.7 Å². The molecule has 0 saturated carbocycles. The van der Waals surface area contributed by atoms with Crippen molar-refractivity contribution in [2.45, 2.75) is 32.2 Å². The molecule has 4 aromatic heterocycles. The number of nitrogens with one attached hydrogen (secondary N) is 1. The number of aromatic nitrogens is 6. The Morgan fingerprint density at radius 3 is 3.00 bits per heavy atom. The Kier molecular flexibility index (Phi) is 3.75. The zero-order valence-corrected chi connectivity index (χ0v) is 15.5. The molecule has 9 nitrogen and oxygen atoms in total. The zero-order chi connectivity index (χ0) is 19.3. The van der Waals surface area contributed by atoms with Crippen molar-refractivity contribution in [1.82, 2.24) is 34.7 Å². The monoisotopic (exact) mass is 377 g/mol. The number of nitrogens with zero attached hydrogens (tertiary/aromatic N) is 6. The molecule has 1 aliphatic rings. The van der Waals surface area contributed by atoms with E-state index in [1.54, 1.807) is 15.7 Å². The molecule has 0 radical (unpaired) electrons. The summed E-state index contributed by atoms with van der Waals surface area (Å²) in [5, 5.41) is 12.6. The van der Waals surface area contributed by atoms with Crippen LogP contribution in [0.2, 0.25) is 0 Å². The number of H-pyrrole nitrogens is 1. The Morgan fingerprint density at radius 1 is 1.32 bits per heavy atom. The molecule has 1 N–H and O–H groups in total. The van der Waals surface area contributed by atoms with Gasteiger partial charge in [0.25, 0.3) is 0 Å². The molecule has 5 rings (SSSR count). The molecule has 4 aromatic rings. The molecule has 0 fully saturated rings. The Morgan fingerprint density at radius 2 is 2.21 bits per heavy atom. The third-order valence-electron chi connectivity index (χ3n) is 4.97. The first kappa shape index (κ1) is 16.7. The van der Waals surface area contributed by atoms with Crippen LogP contribution in [0.4, 0.5) is 0 Å². The first-order chi connectivity index (χ1) is 13.6. The molecule has 1 aliphatic heterocycles. The molecule has 0 aromatic carbocycles. The van der Waals surface area contributed by atoms with E-state index >= 15 is 0 Å². The van der Waals surface area contributed by atoms with Gasteiger partial charge in [-0.1, -0.05) is 19.9 Å². The molecular weight excluding hydrogens is 358 g/mol. The molecule has 28 heavy (non-hydrogen) atoms. The summed E-state index contributed by atoms with van der Waals surface area (Å²) < 4.78 is 7.40. The number of amides is 1. The minimum Gasteiger partial charge on any atom is -0.417 e. The van der Waals surface area contributed by atoms with E-state index in [1.807, 2.05) is 44.3 Å². The van der Waals surface area contributed by atoms with Gasteiger partial charge in [-0.3, -0.25) is 4.79 Å². The number of carbonyl (C=O) groups excluding carboxylic acids is 1. The summed E-state index contributed by atoms with van der Waals surface area (Å²) in [5.74, 6) is 0.194. The predicted molar refractivity (Wildman–Crippen MR) is 98.8 cm³/mol. The van der Waals surface area contributed by atoms with Crippen LogP contribution in [0, 0.1) is 0 Å². The van der Waals surface area contributed by atoms with Crippen molar-refractivity contribution in [2.75, 3.05) is 6.54 Å². The molecule has 0 unspecified atom stereocenters. The van der Waals surface area contributed by atoms with Crippen LogP contribution in [0.25, 0.3) is 5.52 Å². The maximum Gasteiger partial charge on any atom is 0.312 e. The summed E-state index contributed by atoms with van der Waals surface area (Å²) >= 11 is 0. The Hall–Kier alpha value is -3.49. The first-order valence-electron chi connectivity index (χ1n) is 9.22. The maximum absolute atomic E-state index is 13.2. The van der Waals surface area contributed by atoms with Gasteiger partial charge in [-0.05, 0) is 18.2 Å². The molecule has 0 bridgehead atoms. The third kappa shape index (κ3) is 2.58. The standard InChI is InChI=1S/C19H19N7O2/c1-11(2)17-22-23-18(28-17)19(27)25-8-6-13-15(21-10-20-13)16(25)14-9-12-5-3-4-7-26(12)24-14/h3-5,7,9-11,16H,6,8H2,1-2H3,(H,20,21)/t16-/m0/s1.